The summed E-state index contributed by atoms with van der Waals surface area (Å²) in [5.41, 5.74) is 3.12. The highest BCUT2D eigenvalue weighted by molar-refractivity contribution is 9.10. The van der Waals surface area contributed by atoms with E-state index in [0.717, 1.165) is 27.6 Å². The Morgan fingerprint density at radius 1 is 0.950 bits per heavy atom. The Labute approximate surface area is 132 Å². The first kappa shape index (κ1) is 17.4. The Balaban J connectivity index is 2.34. The van der Waals surface area contributed by atoms with Gasteiger partial charge in [-0.3, -0.25) is 4.79 Å². The molecule has 0 aromatic heterocycles. The zero-order chi connectivity index (χ0) is 15.0. The molecule has 0 radical (unpaired) electrons. The standard InChI is InChI=1S/C18H27BrO/c1-4-5-6-7-8-9-10-11-18(20)16-12-15(3)17(19)13-14(16)2/h12-13H,4-11H2,1-3H3. The molecule has 0 N–H and O–H groups in total. The third-order valence-electron chi connectivity index (χ3n) is 3.81. The average molecular weight is 339 g/mol. The first-order valence-electron chi connectivity index (χ1n) is 7.86. The number of carbonyl (C=O) groups excluding carboxylic acids is 1. The van der Waals surface area contributed by atoms with Gasteiger partial charge in [0.05, 0.1) is 0 Å². The molecule has 1 nitrogen and oxygen atoms in total. The molecule has 1 rings (SSSR count). The minimum atomic E-state index is 0.298. The van der Waals surface area contributed by atoms with Gasteiger partial charge in [-0.2, -0.15) is 0 Å². The molecule has 112 valence electrons. The van der Waals surface area contributed by atoms with E-state index in [0.29, 0.717) is 12.2 Å². The maximum Gasteiger partial charge on any atom is 0.163 e. The minimum absolute atomic E-state index is 0.298. The first-order chi connectivity index (χ1) is 9.56. The number of carbonyl (C=O) groups is 1. The predicted molar refractivity (Wildman–Crippen MR) is 90.6 cm³/mol. The maximum atomic E-state index is 12.2. The van der Waals surface area contributed by atoms with E-state index >= 15 is 0 Å². The normalized spacial score (nSPS) is 10.8. The zero-order valence-corrected chi connectivity index (χ0v) is 14.7. The van der Waals surface area contributed by atoms with E-state index in [1.54, 1.807) is 0 Å². The Hall–Kier alpha value is -0.630. The maximum absolute atomic E-state index is 12.2. The van der Waals surface area contributed by atoms with E-state index in [2.05, 4.69) is 22.9 Å². The lowest BCUT2D eigenvalue weighted by molar-refractivity contribution is 0.0978. The van der Waals surface area contributed by atoms with E-state index in [-0.39, 0.29) is 0 Å². The van der Waals surface area contributed by atoms with Crippen LogP contribution < -0.4 is 0 Å². The molecule has 0 saturated heterocycles. The van der Waals surface area contributed by atoms with Crippen LogP contribution in [0.5, 0.6) is 0 Å². The highest BCUT2D eigenvalue weighted by Crippen LogP contribution is 2.22. The number of rotatable bonds is 9. The van der Waals surface area contributed by atoms with E-state index in [1.807, 2.05) is 26.0 Å². The second kappa shape index (κ2) is 9.33. The molecule has 0 amide bonds. The van der Waals surface area contributed by atoms with Gasteiger partial charge in [-0.15, -0.1) is 0 Å². The lowest BCUT2D eigenvalue weighted by atomic mass is 9.98. The van der Waals surface area contributed by atoms with Gasteiger partial charge in [-0.05, 0) is 43.5 Å². The molecule has 0 heterocycles. The monoisotopic (exact) mass is 338 g/mol. The topological polar surface area (TPSA) is 17.1 Å². The largest absolute Gasteiger partial charge is 0.294 e. The Kier molecular flexibility index (Phi) is 8.13. The van der Waals surface area contributed by atoms with Crippen molar-refractivity contribution >= 4 is 21.7 Å². The van der Waals surface area contributed by atoms with Crippen molar-refractivity contribution in [2.24, 2.45) is 0 Å². The van der Waals surface area contributed by atoms with Gasteiger partial charge >= 0.3 is 0 Å². The van der Waals surface area contributed by atoms with Crippen LogP contribution in [0.1, 0.15) is 79.8 Å². The van der Waals surface area contributed by atoms with Crippen molar-refractivity contribution in [2.75, 3.05) is 0 Å². The summed E-state index contributed by atoms with van der Waals surface area (Å²) in [7, 11) is 0. The van der Waals surface area contributed by atoms with Crippen molar-refractivity contribution in [3.8, 4) is 0 Å². The van der Waals surface area contributed by atoms with Gasteiger partial charge in [0, 0.05) is 16.5 Å². The SMILES string of the molecule is CCCCCCCCCC(=O)c1cc(C)c(Br)cc1C. The molecule has 0 aliphatic carbocycles. The summed E-state index contributed by atoms with van der Waals surface area (Å²) in [4.78, 5) is 12.2. The summed E-state index contributed by atoms with van der Waals surface area (Å²) in [5, 5.41) is 0. The molecule has 0 atom stereocenters. The number of Topliss-reactive ketones (excluding diaryl/α,β-unsaturated/α-hetero) is 1. The molecular formula is C18H27BrO. The van der Waals surface area contributed by atoms with Crippen LogP contribution in [0.2, 0.25) is 0 Å². The van der Waals surface area contributed by atoms with Crippen LogP contribution in [0.4, 0.5) is 0 Å². The zero-order valence-electron chi connectivity index (χ0n) is 13.1. The van der Waals surface area contributed by atoms with Gasteiger partial charge < -0.3 is 0 Å². The van der Waals surface area contributed by atoms with E-state index in [1.165, 1.54) is 38.5 Å². The van der Waals surface area contributed by atoms with Crippen molar-refractivity contribution in [3.05, 3.63) is 33.3 Å². The minimum Gasteiger partial charge on any atom is -0.294 e. The fourth-order valence-electron chi connectivity index (χ4n) is 2.46. The summed E-state index contributed by atoms with van der Waals surface area (Å²) in [5.74, 6) is 0.298. The van der Waals surface area contributed by atoms with E-state index in [9.17, 15) is 4.79 Å². The van der Waals surface area contributed by atoms with Gasteiger partial charge in [-0.25, -0.2) is 0 Å². The Morgan fingerprint density at radius 3 is 2.20 bits per heavy atom. The molecule has 2 heteroatoms. The van der Waals surface area contributed by atoms with Gasteiger partial charge in [0.2, 0.25) is 0 Å². The molecule has 0 aliphatic heterocycles. The van der Waals surface area contributed by atoms with Crippen molar-refractivity contribution in [3.63, 3.8) is 0 Å². The molecule has 0 aliphatic rings. The summed E-state index contributed by atoms with van der Waals surface area (Å²) in [6, 6.07) is 4.07. The number of hydrogen-bond acceptors (Lipinski definition) is 1. The van der Waals surface area contributed by atoms with Crippen LogP contribution in [-0.2, 0) is 0 Å². The molecule has 0 bridgehead atoms. The van der Waals surface area contributed by atoms with Gasteiger partial charge in [0.15, 0.2) is 5.78 Å². The third-order valence-corrected chi connectivity index (χ3v) is 4.67. The lowest BCUT2D eigenvalue weighted by Gasteiger charge is -2.08. The molecular weight excluding hydrogens is 312 g/mol. The number of hydrogen-bond donors (Lipinski definition) is 0. The second-order valence-electron chi connectivity index (χ2n) is 5.71. The second-order valence-corrected chi connectivity index (χ2v) is 6.57. The van der Waals surface area contributed by atoms with Gasteiger partial charge in [0.25, 0.3) is 0 Å². The molecule has 0 unspecified atom stereocenters. The van der Waals surface area contributed by atoms with Crippen molar-refractivity contribution < 1.29 is 4.79 Å². The van der Waals surface area contributed by atoms with Crippen LogP contribution >= 0.6 is 15.9 Å². The molecule has 0 saturated carbocycles. The highest BCUT2D eigenvalue weighted by Gasteiger charge is 2.10. The Morgan fingerprint density at radius 2 is 1.55 bits per heavy atom. The molecule has 1 aromatic carbocycles. The highest BCUT2D eigenvalue weighted by atomic mass is 79.9. The molecule has 0 spiro atoms. The van der Waals surface area contributed by atoms with Gasteiger partial charge in [-0.1, -0.05) is 61.4 Å². The first-order valence-corrected chi connectivity index (χ1v) is 8.65. The van der Waals surface area contributed by atoms with Crippen LogP contribution in [0.25, 0.3) is 0 Å². The van der Waals surface area contributed by atoms with Crippen molar-refractivity contribution in [1.82, 2.24) is 0 Å². The van der Waals surface area contributed by atoms with Crippen LogP contribution in [-0.4, -0.2) is 5.78 Å². The number of benzene rings is 1. The lowest BCUT2D eigenvalue weighted by Crippen LogP contribution is -2.02. The fraction of sp³-hybridized carbons (Fsp3) is 0.611. The van der Waals surface area contributed by atoms with Crippen molar-refractivity contribution in [2.45, 2.75) is 72.1 Å². The molecule has 0 fully saturated rings. The van der Waals surface area contributed by atoms with Gasteiger partial charge in [0.1, 0.15) is 0 Å². The fourth-order valence-corrected chi connectivity index (χ4v) is 2.92. The summed E-state index contributed by atoms with van der Waals surface area (Å²) < 4.78 is 1.09. The van der Waals surface area contributed by atoms with Crippen LogP contribution in [0.3, 0.4) is 0 Å². The number of halogens is 1. The molecule has 1 aromatic rings. The number of ketones is 1. The van der Waals surface area contributed by atoms with Crippen molar-refractivity contribution in [1.29, 1.82) is 0 Å². The summed E-state index contributed by atoms with van der Waals surface area (Å²) in [6.07, 6.45) is 9.47. The third kappa shape index (κ3) is 5.78. The number of unbranched alkanes of at least 4 members (excludes halogenated alkanes) is 6. The van der Waals surface area contributed by atoms with E-state index in [4.69, 9.17) is 0 Å². The smallest absolute Gasteiger partial charge is 0.163 e. The van der Waals surface area contributed by atoms with Crippen LogP contribution in [0.15, 0.2) is 16.6 Å². The Bertz CT molecular complexity index is 437. The van der Waals surface area contributed by atoms with Crippen LogP contribution in [0, 0.1) is 13.8 Å². The number of aryl methyl sites for hydroxylation is 2. The van der Waals surface area contributed by atoms with E-state index < -0.39 is 0 Å². The summed E-state index contributed by atoms with van der Waals surface area (Å²) in [6.45, 7) is 6.29. The quantitative estimate of drug-likeness (QED) is 0.376. The average Bonchev–Trinajstić information content (AvgIpc) is 2.41. The molecule has 20 heavy (non-hydrogen) atoms. The predicted octanol–water partition coefficient (Wildman–Crippen LogP) is 6.39. The summed E-state index contributed by atoms with van der Waals surface area (Å²) >= 11 is 3.51.